The van der Waals surface area contributed by atoms with Gasteiger partial charge in [0.15, 0.2) is 11.6 Å². The summed E-state index contributed by atoms with van der Waals surface area (Å²) in [6.45, 7) is 4.16. The lowest BCUT2D eigenvalue weighted by atomic mass is 9.75. The first-order valence-electron chi connectivity index (χ1n) is 10.9. The molecule has 0 radical (unpaired) electrons. The number of fused-ring (bicyclic) bond motifs is 1. The van der Waals surface area contributed by atoms with Crippen molar-refractivity contribution < 1.29 is 9.18 Å². The zero-order valence-corrected chi connectivity index (χ0v) is 18.2. The molecular formula is C26H25FN4O. The molecule has 0 atom stereocenters. The minimum Gasteiger partial charge on any atom is -0.383 e. The molecule has 5 rings (SSSR count). The molecule has 0 amide bonds. The number of imidazole rings is 1. The Bertz CT molecular complexity index is 1300. The Morgan fingerprint density at radius 1 is 1.12 bits per heavy atom. The molecule has 0 bridgehead atoms. The molecule has 1 aromatic carbocycles. The van der Waals surface area contributed by atoms with Gasteiger partial charge >= 0.3 is 0 Å². The van der Waals surface area contributed by atoms with E-state index in [1.807, 2.05) is 24.3 Å². The molecule has 0 saturated heterocycles. The maximum Gasteiger partial charge on any atom is 0.165 e. The van der Waals surface area contributed by atoms with Crippen LogP contribution in [0.2, 0.25) is 0 Å². The highest BCUT2D eigenvalue weighted by atomic mass is 19.1. The maximum atomic E-state index is 14.1. The molecule has 32 heavy (non-hydrogen) atoms. The molecular weight excluding hydrogens is 403 g/mol. The maximum absolute atomic E-state index is 14.1. The zero-order chi connectivity index (χ0) is 22.5. The number of anilines is 1. The number of allylic oxidation sites excluding steroid dienone is 4. The predicted molar refractivity (Wildman–Crippen MR) is 124 cm³/mol. The molecule has 0 spiro atoms. The van der Waals surface area contributed by atoms with E-state index in [1.165, 1.54) is 12.1 Å². The number of carbonyl (C=O) groups is 1. The number of rotatable bonds is 3. The molecule has 2 N–H and O–H groups in total. The summed E-state index contributed by atoms with van der Waals surface area (Å²) in [6, 6.07) is 9.93. The van der Waals surface area contributed by atoms with Crippen LogP contribution in [0.1, 0.15) is 54.9 Å². The van der Waals surface area contributed by atoms with Gasteiger partial charge in [0.25, 0.3) is 0 Å². The number of nitrogen functional groups attached to an aromatic ring is 1. The van der Waals surface area contributed by atoms with Crippen molar-refractivity contribution in [1.29, 1.82) is 0 Å². The molecule has 2 aliphatic carbocycles. The fourth-order valence-corrected chi connectivity index (χ4v) is 4.58. The minimum absolute atomic E-state index is 0.114. The van der Waals surface area contributed by atoms with Gasteiger partial charge in [-0.1, -0.05) is 38.1 Å². The zero-order valence-electron chi connectivity index (χ0n) is 18.2. The van der Waals surface area contributed by atoms with Gasteiger partial charge in [0.1, 0.15) is 23.0 Å². The van der Waals surface area contributed by atoms with Gasteiger partial charge in [-0.2, -0.15) is 0 Å². The largest absolute Gasteiger partial charge is 0.383 e. The van der Waals surface area contributed by atoms with Gasteiger partial charge in [-0.25, -0.2) is 14.4 Å². The summed E-state index contributed by atoms with van der Waals surface area (Å²) in [6.07, 6.45) is 9.10. The molecule has 2 heterocycles. The summed E-state index contributed by atoms with van der Waals surface area (Å²) in [7, 11) is 0. The average molecular weight is 429 g/mol. The van der Waals surface area contributed by atoms with Gasteiger partial charge in [-0.05, 0) is 60.6 Å². The van der Waals surface area contributed by atoms with Crippen LogP contribution in [0.5, 0.6) is 0 Å². The second-order valence-corrected chi connectivity index (χ2v) is 9.27. The number of Topliss-reactive ketones (excluding diaryl/α,β-unsaturated/α-hetero) is 1. The van der Waals surface area contributed by atoms with Crippen LogP contribution in [0.4, 0.5) is 10.2 Å². The highest BCUT2D eigenvalue weighted by Gasteiger charge is 2.32. The summed E-state index contributed by atoms with van der Waals surface area (Å²) in [5.74, 6) is 0.747. The Morgan fingerprint density at radius 2 is 1.97 bits per heavy atom. The molecule has 2 aromatic heterocycles. The highest BCUT2D eigenvalue weighted by Crippen LogP contribution is 2.37. The predicted octanol–water partition coefficient (Wildman–Crippen LogP) is 5.54. The summed E-state index contributed by atoms with van der Waals surface area (Å²) >= 11 is 0. The van der Waals surface area contributed by atoms with Crippen LogP contribution in [0, 0.1) is 11.2 Å². The standard InChI is InChI=1S/C26H25FN4O/c1-26(2)14-21-19(22(32)15-26)11-12-20(29-21)25-30-23(16-7-4-3-5-8-16)24(28)31(25)18-10-6-9-17(27)13-18/h3-4,6-7,9-13H,5,8,14-15,28H2,1-2H3. The van der Waals surface area contributed by atoms with Gasteiger partial charge in [-0.15, -0.1) is 0 Å². The molecule has 0 saturated carbocycles. The van der Waals surface area contributed by atoms with E-state index in [0.29, 0.717) is 47.1 Å². The van der Waals surface area contributed by atoms with Crippen molar-refractivity contribution in [3.8, 4) is 17.2 Å². The van der Waals surface area contributed by atoms with E-state index in [-0.39, 0.29) is 17.0 Å². The van der Waals surface area contributed by atoms with E-state index in [1.54, 1.807) is 16.7 Å². The van der Waals surface area contributed by atoms with E-state index in [9.17, 15) is 9.18 Å². The lowest BCUT2D eigenvalue weighted by molar-refractivity contribution is 0.0910. The number of ketones is 1. The van der Waals surface area contributed by atoms with Crippen molar-refractivity contribution in [3.63, 3.8) is 0 Å². The SMILES string of the molecule is CC1(C)CC(=O)c2ccc(-c3nc(C4=CC=CCC4)c(N)n3-c3cccc(F)c3)nc2C1. The molecule has 2 aliphatic rings. The smallest absolute Gasteiger partial charge is 0.165 e. The number of aromatic nitrogens is 3. The van der Waals surface area contributed by atoms with Crippen molar-refractivity contribution in [3.05, 3.63) is 77.4 Å². The van der Waals surface area contributed by atoms with Crippen LogP contribution >= 0.6 is 0 Å². The van der Waals surface area contributed by atoms with Crippen LogP contribution in [-0.4, -0.2) is 20.3 Å². The molecule has 3 aromatic rings. The van der Waals surface area contributed by atoms with Crippen LogP contribution in [-0.2, 0) is 6.42 Å². The quantitative estimate of drug-likeness (QED) is 0.594. The number of pyridine rings is 1. The summed E-state index contributed by atoms with van der Waals surface area (Å²) in [5, 5.41) is 0. The van der Waals surface area contributed by atoms with E-state index in [0.717, 1.165) is 24.1 Å². The van der Waals surface area contributed by atoms with E-state index < -0.39 is 0 Å². The average Bonchev–Trinajstić information content (AvgIpc) is 3.10. The van der Waals surface area contributed by atoms with Crippen LogP contribution in [0.15, 0.2) is 54.6 Å². The molecule has 0 fully saturated rings. The molecule has 5 nitrogen and oxygen atoms in total. The van der Waals surface area contributed by atoms with Crippen molar-refractivity contribution in [2.24, 2.45) is 5.41 Å². The number of hydrogen-bond acceptors (Lipinski definition) is 4. The first kappa shape index (κ1) is 20.4. The summed E-state index contributed by atoms with van der Waals surface area (Å²) in [5.41, 5.74) is 10.8. The lowest BCUT2D eigenvalue weighted by Crippen LogP contribution is -2.28. The van der Waals surface area contributed by atoms with Gasteiger partial charge in [0, 0.05) is 12.0 Å². The Labute approximate surface area is 186 Å². The van der Waals surface area contributed by atoms with Crippen molar-refractivity contribution in [2.45, 2.75) is 39.5 Å². The fraction of sp³-hybridized carbons (Fsp3) is 0.269. The van der Waals surface area contributed by atoms with Crippen LogP contribution in [0.3, 0.4) is 0 Å². The molecule has 162 valence electrons. The minimum atomic E-state index is -0.353. The Kier molecular flexibility index (Phi) is 4.81. The highest BCUT2D eigenvalue weighted by molar-refractivity contribution is 5.98. The second kappa shape index (κ2) is 7.55. The van der Waals surface area contributed by atoms with Crippen molar-refractivity contribution >= 4 is 17.2 Å². The molecule has 0 unspecified atom stereocenters. The van der Waals surface area contributed by atoms with Crippen molar-refractivity contribution in [2.75, 3.05) is 5.73 Å². The van der Waals surface area contributed by atoms with Crippen LogP contribution in [0.25, 0.3) is 22.8 Å². The van der Waals surface area contributed by atoms with Gasteiger partial charge in [0.05, 0.1) is 11.4 Å². The van der Waals surface area contributed by atoms with Gasteiger partial charge in [-0.3, -0.25) is 9.36 Å². The fourth-order valence-electron chi connectivity index (χ4n) is 4.58. The van der Waals surface area contributed by atoms with E-state index in [4.69, 9.17) is 15.7 Å². The number of benzene rings is 1. The monoisotopic (exact) mass is 428 g/mol. The number of hydrogen-bond donors (Lipinski definition) is 1. The Morgan fingerprint density at radius 3 is 2.72 bits per heavy atom. The Balaban J connectivity index is 1.71. The first-order valence-corrected chi connectivity index (χ1v) is 10.9. The van der Waals surface area contributed by atoms with E-state index in [2.05, 4.69) is 19.9 Å². The topological polar surface area (TPSA) is 73.8 Å². The van der Waals surface area contributed by atoms with Gasteiger partial charge < -0.3 is 5.73 Å². The van der Waals surface area contributed by atoms with E-state index >= 15 is 0 Å². The number of halogens is 1. The second-order valence-electron chi connectivity index (χ2n) is 9.27. The third-order valence-corrected chi connectivity index (χ3v) is 6.09. The number of nitrogens with zero attached hydrogens (tertiary/aromatic N) is 3. The normalized spacial score (nSPS) is 17.2. The lowest BCUT2D eigenvalue weighted by Gasteiger charge is -2.29. The third-order valence-electron chi connectivity index (χ3n) is 6.09. The third kappa shape index (κ3) is 3.55. The van der Waals surface area contributed by atoms with Crippen LogP contribution < -0.4 is 5.73 Å². The van der Waals surface area contributed by atoms with Gasteiger partial charge in [0.2, 0.25) is 0 Å². The molecule has 6 heteroatoms. The summed E-state index contributed by atoms with van der Waals surface area (Å²) in [4.78, 5) is 22.3. The number of nitrogens with two attached hydrogens (primary N) is 1. The summed E-state index contributed by atoms with van der Waals surface area (Å²) < 4.78 is 15.8. The first-order chi connectivity index (χ1) is 15.3. The molecule has 0 aliphatic heterocycles. The Hall–Kier alpha value is -3.54. The number of carbonyl (C=O) groups excluding carboxylic acids is 1. The van der Waals surface area contributed by atoms with Crippen molar-refractivity contribution in [1.82, 2.24) is 14.5 Å².